The van der Waals surface area contributed by atoms with Crippen LogP contribution >= 0.6 is 0 Å². The number of hydrogen-bond donors (Lipinski definition) is 0. The third kappa shape index (κ3) is 3.92. The first-order chi connectivity index (χ1) is 9.54. The Morgan fingerprint density at radius 3 is 2.50 bits per heavy atom. The summed E-state index contributed by atoms with van der Waals surface area (Å²) in [5, 5.41) is 2.37. The van der Waals surface area contributed by atoms with E-state index in [2.05, 4.69) is 24.3 Å². The molecule has 0 heterocycles. The Morgan fingerprint density at radius 1 is 1.10 bits per heavy atom. The molecule has 0 aliphatic carbocycles. The molecule has 0 radical (unpaired) electrons. The molecule has 0 N–H and O–H groups in total. The van der Waals surface area contributed by atoms with Crippen LogP contribution in [-0.4, -0.2) is 17.9 Å². The highest BCUT2D eigenvalue weighted by molar-refractivity contribution is 5.94. The van der Waals surface area contributed by atoms with Crippen LogP contribution in [0.5, 0.6) is 0 Å². The lowest BCUT2D eigenvalue weighted by atomic mass is 10.0. The van der Waals surface area contributed by atoms with Gasteiger partial charge >= 0.3 is 5.97 Å². The fourth-order valence-corrected chi connectivity index (χ4v) is 2.21. The molecule has 0 aliphatic heterocycles. The van der Waals surface area contributed by atoms with E-state index in [0.717, 1.165) is 5.56 Å². The minimum absolute atomic E-state index is 0.151. The standard InChI is InChI=1S/C17H18O3/c1-12(18)9-17(19)20-13(2)10-14-7-8-15-5-3-4-6-16(15)11-14/h3-8,11,13H,9-10H2,1-2H3. The third-order valence-corrected chi connectivity index (χ3v) is 3.06. The smallest absolute Gasteiger partial charge is 0.313 e. The predicted molar refractivity (Wildman–Crippen MR) is 78.5 cm³/mol. The first kappa shape index (κ1) is 14.3. The second-order valence-electron chi connectivity index (χ2n) is 5.06. The summed E-state index contributed by atoms with van der Waals surface area (Å²) in [7, 11) is 0. The topological polar surface area (TPSA) is 43.4 Å². The van der Waals surface area contributed by atoms with Crippen LogP contribution in [0.4, 0.5) is 0 Å². The molecule has 3 heteroatoms. The summed E-state index contributed by atoms with van der Waals surface area (Å²) < 4.78 is 5.22. The number of Topliss-reactive ketones (excluding diaryl/α,β-unsaturated/α-hetero) is 1. The van der Waals surface area contributed by atoms with Gasteiger partial charge in [-0.3, -0.25) is 9.59 Å². The van der Waals surface area contributed by atoms with Gasteiger partial charge < -0.3 is 4.74 Å². The maximum Gasteiger partial charge on any atom is 0.313 e. The molecule has 3 nitrogen and oxygen atoms in total. The van der Waals surface area contributed by atoms with Gasteiger partial charge in [-0.25, -0.2) is 0 Å². The fraction of sp³-hybridized carbons (Fsp3) is 0.294. The van der Waals surface area contributed by atoms with Crippen molar-refractivity contribution in [1.29, 1.82) is 0 Å². The number of ketones is 1. The normalized spacial score (nSPS) is 12.1. The Kier molecular flexibility index (Phi) is 4.51. The lowest BCUT2D eigenvalue weighted by molar-refractivity contribution is -0.149. The highest BCUT2D eigenvalue weighted by Gasteiger charge is 2.12. The maximum absolute atomic E-state index is 11.4. The zero-order valence-electron chi connectivity index (χ0n) is 11.8. The van der Waals surface area contributed by atoms with Crippen LogP contribution in [0, 0.1) is 0 Å². The molecule has 2 aromatic carbocycles. The van der Waals surface area contributed by atoms with E-state index in [4.69, 9.17) is 4.74 Å². The average Bonchev–Trinajstić information content (AvgIpc) is 2.37. The van der Waals surface area contributed by atoms with Crippen molar-refractivity contribution in [1.82, 2.24) is 0 Å². The Morgan fingerprint density at radius 2 is 1.80 bits per heavy atom. The van der Waals surface area contributed by atoms with E-state index in [1.807, 2.05) is 25.1 Å². The second kappa shape index (κ2) is 6.33. The van der Waals surface area contributed by atoms with Crippen molar-refractivity contribution in [3.8, 4) is 0 Å². The van der Waals surface area contributed by atoms with Gasteiger partial charge in [0.15, 0.2) is 0 Å². The molecule has 0 spiro atoms. The molecule has 0 amide bonds. The number of carbonyl (C=O) groups is 2. The van der Waals surface area contributed by atoms with Crippen molar-refractivity contribution in [2.75, 3.05) is 0 Å². The molecular weight excluding hydrogens is 252 g/mol. The monoisotopic (exact) mass is 270 g/mol. The summed E-state index contributed by atoms with van der Waals surface area (Å²) in [6, 6.07) is 14.3. The molecule has 0 saturated heterocycles. The molecule has 104 valence electrons. The zero-order valence-corrected chi connectivity index (χ0v) is 11.8. The van der Waals surface area contributed by atoms with Crippen LogP contribution in [0.15, 0.2) is 42.5 Å². The van der Waals surface area contributed by atoms with E-state index in [9.17, 15) is 9.59 Å². The highest BCUT2D eigenvalue weighted by Crippen LogP contribution is 2.17. The lowest BCUT2D eigenvalue weighted by Gasteiger charge is -2.13. The van der Waals surface area contributed by atoms with Crippen LogP contribution in [-0.2, 0) is 20.7 Å². The van der Waals surface area contributed by atoms with Crippen molar-refractivity contribution < 1.29 is 14.3 Å². The number of rotatable bonds is 5. The number of esters is 1. The Bertz CT molecular complexity index is 631. The molecule has 0 fully saturated rings. The molecular formula is C17H18O3. The summed E-state index contributed by atoms with van der Waals surface area (Å²) in [5.41, 5.74) is 1.12. The van der Waals surface area contributed by atoms with Gasteiger partial charge in [-0.1, -0.05) is 42.5 Å². The van der Waals surface area contributed by atoms with E-state index in [-0.39, 0.29) is 18.3 Å². The molecule has 2 rings (SSSR count). The van der Waals surface area contributed by atoms with Crippen molar-refractivity contribution in [2.24, 2.45) is 0 Å². The molecule has 1 unspecified atom stereocenters. The average molecular weight is 270 g/mol. The van der Waals surface area contributed by atoms with Gasteiger partial charge in [0, 0.05) is 6.42 Å². The highest BCUT2D eigenvalue weighted by atomic mass is 16.5. The van der Waals surface area contributed by atoms with Crippen LogP contribution in [0.1, 0.15) is 25.8 Å². The van der Waals surface area contributed by atoms with Crippen molar-refractivity contribution >= 4 is 22.5 Å². The summed E-state index contributed by atoms with van der Waals surface area (Å²) in [4.78, 5) is 22.3. The summed E-state index contributed by atoms with van der Waals surface area (Å²) >= 11 is 0. The largest absolute Gasteiger partial charge is 0.462 e. The lowest BCUT2D eigenvalue weighted by Crippen LogP contribution is -2.18. The van der Waals surface area contributed by atoms with Crippen LogP contribution in [0.3, 0.4) is 0 Å². The fourth-order valence-electron chi connectivity index (χ4n) is 2.21. The van der Waals surface area contributed by atoms with Crippen LogP contribution in [0.2, 0.25) is 0 Å². The van der Waals surface area contributed by atoms with Gasteiger partial charge in [0.1, 0.15) is 18.3 Å². The van der Waals surface area contributed by atoms with E-state index in [1.54, 1.807) is 0 Å². The Labute approximate surface area is 118 Å². The van der Waals surface area contributed by atoms with Crippen molar-refractivity contribution in [3.05, 3.63) is 48.0 Å². The van der Waals surface area contributed by atoms with Gasteiger partial charge in [0.25, 0.3) is 0 Å². The summed E-state index contributed by atoms with van der Waals surface area (Å²) in [6.07, 6.45) is 0.263. The molecule has 20 heavy (non-hydrogen) atoms. The Hall–Kier alpha value is -2.16. The van der Waals surface area contributed by atoms with Gasteiger partial charge in [-0.15, -0.1) is 0 Å². The summed E-state index contributed by atoms with van der Waals surface area (Å²) in [6.45, 7) is 3.22. The third-order valence-electron chi connectivity index (χ3n) is 3.06. The van der Waals surface area contributed by atoms with Crippen molar-refractivity contribution in [2.45, 2.75) is 32.8 Å². The van der Waals surface area contributed by atoms with E-state index in [1.165, 1.54) is 17.7 Å². The Balaban J connectivity index is 2.00. The second-order valence-corrected chi connectivity index (χ2v) is 5.06. The first-order valence-electron chi connectivity index (χ1n) is 6.71. The van der Waals surface area contributed by atoms with E-state index < -0.39 is 5.97 Å². The number of ether oxygens (including phenoxy) is 1. The number of hydrogen-bond acceptors (Lipinski definition) is 3. The van der Waals surface area contributed by atoms with E-state index in [0.29, 0.717) is 6.42 Å². The molecule has 1 atom stereocenters. The quantitative estimate of drug-likeness (QED) is 0.618. The van der Waals surface area contributed by atoms with Crippen LogP contribution < -0.4 is 0 Å². The minimum atomic E-state index is -0.453. The SMILES string of the molecule is CC(=O)CC(=O)OC(C)Cc1ccc2ccccc2c1. The van der Waals surface area contributed by atoms with Gasteiger partial charge in [0.2, 0.25) is 0 Å². The first-order valence-corrected chi connectivity index (χ1v) is 6.71. The predicted octanol–water partition coefficient (Wildman–Crippen LogP) is 3.29. The molecule has 0 saturated carbocycles. The molecule has 0 bridgehead atoms. The van der Waals surface area contributed by atoms with Gasteiger partial charge in [0.05, 0.1) is 0 Å². The zero-order chi connectivity index (χ0) is 14.5. The number of carbonyl (C=O) groups excluding carboxylic acids is 2. The molecule has 0 aromatic heterocycles. The minimum Gasteiger partial charge on any atom is -0.462 e. The molecule has 2 aromatic rings. The van der Waals surface area contributed by atoms with Crippen LogP contribution in [0.25, 0.3) is 10.8 Å². The van der Waals surface area contributed by atoms with E-state index >= 15 is 0 Å². The van der Waals surface area contributed by atoms with Gasteiger partial charge in [-0.05, 0) is 30.2 Å². The van der Waals surface area contributed by atoms with Gasteiger partial charge in [-0.2, -0.15) is 0 Å². The van der Waals surface area contributed by atoms with Crippen molar-refractivity contribution in [3.63, 3.8) is 0 Å². The number of benzene rings is 2. The summed E-state index contributed by atoms with van der Waals surface area (Å²) in [5.74, 6) is -0.626. The number of fused-ring (bicyclic) bond motifs is 1. The maximum atomic E-state index is 11.4. The molecule has 0 aliphatic rings.